The van der Waals surface area contributed by atoms with Gasteiger partial charge in [0, 0.05) is 28.5 Å². The topological polar surface area (TPSA) is 51.6 Å². The van der Waals surface area contributed by atoms with E-state index >= 15 is 0 Å². The zero-order chi connectivity index (χ0) is 39.4. The lowest BCUT2D eigenvalue weighted by Gasteiger charge is -2.44. The van der Waals surface area contributed by atoms with E-state index < -0.39 is 0 Å². The van der Waals surface area contributed by atoms with Gasteiger partial charge >= 0.3 is 0 Å². The first-order chi connectivity index (χ1) is 27.5. The summed E-state index contributed by atoms with van der Waals surface area (Å²) in [7, 11) is 0. The number of benzene rings is 6. The lowest BCUT2D eigenvalue weighted by atomic mass is 9.59. The van der Waals surface area contributed by atoms with Crippen molar-refractivity contribution in [3.05, 3.63) is 181 Å². The van der Waals surface area contributed by atoms with Gasteiger partial charge in [0.1, 0.15) is 0 Å². The van der Waals surface area contributed by atoms with Crippen LogP contribution < -0.4 is 0 Å². The summed E-state index contributed by atoms with van der Waals surface area (Å²) in [6.07, 6.45) is 1.87. The molecular formula is C53H46N4. The van der Waals surface area contributed by atoms with E-state index in [1.165, 1.54) is 33.4 Å². The fourth-order valence-electron chi connectivity index (χ4n) is 8.52. The van der Waals surface area contributed by atoms with E-state index in [0.717, 1.165) is 39.1 Å². The Labute approximate surface area is 336 Å². The third-order valence-electron chi connectivity index (χ3n) is 13.1. The van der Waals surface area contributed by atoms with Crippen molar-refractivity contribution in [3.8, 4) is 78.8 Å². The molecule has 2 heterocycles. The molecule has 278 valence electrons. The third kappa shape index (κ3) is 6.36. The molecule has 8 aromatic rings. The van der Waals surface area contributed by atoms with Crippen LogP contribution in [0.1, 0.15) is 52.7 Å². The highest BCUT2D eigenvalue weighted by molar-refractivity contribution is 5.83. The molecule has 0 atom stereocenters. The molecule has 4 heteroatoms. The van der Waals surface area contributed by atoms with Gasteiger partial charge in [0.05, 0.1) is 5.69 Å². The molecule has 0 saturated heterocycles. The second kappa shape index (κ2) is 13.9. The average molecular weight is 739 g/mol. The number of hydrogen-bond donors (Lipinski definition) is 0. The standard InChI is InChI=1S/C53H46N4/c1-51(2)45-26-25-39(33-46(45)52(3,4)53(51,5)6)47-34-41(27-28-54-47)50-56-48(37-21-14-9-15-22-37)55-49(57-50)40-24-16-23-38(29-40)44-31-42(35-17-10-7-11-18-35)30-43(32-44)36-19-12-8-13-20-36/h7-34H,1-6H3. The van der Waals surface area contributed by atoms with Crippen LogP contribution in [0.4, 0.5) is 0 Å². The maximum atomic E-state index is 5.17. The number of fused-ring (bicyclic) bond motifs is 1. The number of aromatic nitrogens is 4. The molecule has 0 bridgehead atoms. The highest BCUT2D eigenvalue weighted by Crippen LogP contribution is 2.61. The van der Waals surface area contributed by atoms with Crippen molar-refractivity contribution < 1.29 is 0 Å². The van der Waals surface area contributed by atoms with E-state index in [2.05, 4.69) is 169 Å². The van der Waals surface area contributed by atoms with E-state index in [1.54, 1.807) is 0 Å². The van der Waals surface area contributed by atoms with E-state index in [9.17, 15) is 0 Å². The summed E-state index contributed by atoms with van der Waals surface area (Å²) in [5, 5.41) is 0. The van der Waals surface area contributed by atoms with Gasteiger partial charge < -0.3 is 0 Å². The lowest BCUT2D eigenvalue weighted by molar-refractivity contribution is 0.125. The van der Waals surface area contributed by atoms with Gasteiger partial charge in [-0.1, -0.05) is 163 Å². The highest BCUT2D eigenvalue weighted by atomic mass is 15.0. The molecule has 57 heavy (non-hydrogen) atoms. The molecule has 1 aliphatic rings. The number of rotatable bonds is 7. The molecule has 0 unspecified atom stereocenters. The largest absolute Gasteiger partial charge is 0.256 e. The Morgan fingerprint density at radius 2 is 0.754 bits per heavy atom. The lowest BCUT2D eigenvalue weighted by Crippen LogP contribution is -2.42. The van der Waals surface area contributed by atoms with Crippen LogP contribution in [0.3, 0.4) is 0 Å². The summed E-state index contributed by atoms with van der Waals surface area (Å²) < 4.78 is 0. The van der Waals surface area contributed by atoms with Crippen molar-refractivity contribution in [2.45, 2.75) is 52.4 Å². The van der Waals surface area contributed by atoms with Crippen molar-refractivity contribution in [2.24, 2.45) is 5.41 Å². The minimum absolute atomic E-state index is 0.00628. The molecule has 0 radical (unpaired) electrons. The number of hydrogen-bond acceptors (Lipinski definition) is 4. The van der Waals surface area contributed by atoms with Crippen LogP contribution in [-0.4, -0.2) is 19.9 Å². The maximum Gasteiger partial charge on any atom is 0.164 e. The molecule has 1 aliphatic carbocycles. The van der Waals surface area contributed by atoms with Crippen LogP contribution in [-0.2, 0) is 10.8 Å². The summed E-state index contributed by atoms with van der Waals surface area (Å²) in [6.45, 7) is 14.3. The molecule has 0 amide bonds. The molecule has 6 aromatic carbocycles. The van der Waals surface area contributed by atoms with Crippen molar-refractivity contribution in [2.75, 3.05) is 0 Å². The Morgan fingerprint density at radius 3 is 1.33 bits per heavy atom. The summed E-state index contributed by atoms with van der Waals surface area (Å²) in [5.41, 5.74) is 14.5. The Morgan fingerprint density at radius 1 is 0.316 bits per heavy atom. The molecule has 0 N–H and O–H groups in total. The van der Waals surface area contributed by atoms with Crippen LogP contribution in [0, 0.1) is 5.41 Å². The number of nitrogens with zero attached hydrogens (tertiary/aromatic N) is 4. The van der Waals surface area contributed by atoms with Crippen molar-refractivity contribution in [3.63, 3.8) is 0 Å². The van der Waals surface area contributed by atoms with Crippen LogP contribution in [0.2, 0.25) is 0 Å². The van der Waals surface area contributed by atoms with Gasteiger partial charge in [-0.05, 0) is 103 Å². The SMILES string of the molecule is CC1(C)c2ccc(-c3cc(-c4nc(-c5ccccc5)nc(-c5cccc(-c6cc(-c7ccccc7)cc(-c7ccccc7)c6)c5)n4)ccn3)cc2C(C)(C)C1(C)C. The average Bonchev–Trinajstić information content (AvgIpc) is 3.37. The monoisotopic (exact) mass is 738 g/mol. The van der Waals surface area contributed by atoms with Gasteiger partial charge in [-0.25, -0.2) is 15.0 Å². The normalized spacial score (nSPS) is 14.9. The van der Waals surface area contributed by atoms with Crippen LogP contribution >= 0.6 is 0 Å². The highest BCUT2D eigenvalue weighted by Gasteiger charge is 2.56. The zero-order valence-electron chi connectivity index (χ0n) is 33.5. The first-order valence-corrected chi connectivity index (χ1v) is 19.8. The molecule has 0 saturated carbocycles. The fraction of sp³-hybridized carbons (Fsp3) is 0.170. The predicted octanol–water partition coefficient (Wildman–Crippen LogP) is 13.5. The Bertz CT molecular complexity index is 2690. The third-order valence-corrected chi connectivity index (χ3v) is 13.1. The number of pyridine rings is 1. The van der Waals surface area contributed by atoms with Crippen molar-refractivity contribution in [1.82, 2.24) is 19.9 Å². The van der Waals surface area contributed by atoms with E-state index in [0.29, 0.717) is 17.5 Å². The minimum Gasteiger partial charge on any atom is -0.256 e. The van der Waals surface area contributed by atoms with Crippen LogP contribution in [0.5, 0.6) is 0 Å². The Kier molecular flexibility index (Phi) is 8.81. The van der Waals surface area contributed by atoms with E-state index in [1.807, 2.05) is 42.6 Å². The molecule has 4 nitrogen and oxygen atoms in total. The summed E-state index contributed by atoms with van der Waals surface area (Å²) >= 11 is 0. The molecule has 9 rings (SSSR count). The Hall–Kier alpha value is -6.52. The predicted molar refractivity (Wildman–Crippen MR) is 236 cm³/mol. The van der Waals surface area contributed by atoms with Gasteiger partial charge in [0.15, 0.2) is 17.5 Å². The molecule has 0 spiro atoms. The van der Waals surface area contributed by atoms with Gasteiger partial charge in [-0.2, -0.15) is 0 Å². The molecule has 0 aliphatic heterocycles. The van der Waals surface area contributed by atoms with E-state index in [4.69, 9.17) is 19.9 Å². The van der Waals surface area contributed by atoms with Gasteiger partial charge in [0.2, 0.25) is 0 Å². The first-order valence-electron chi connectivity index (χ1n) is 19.8. The molecular weight excluding hydrogens is 693 g/mol. The Balaban J connectivity index is 1.15. The van der Waals surface area contributed by atoms with Gasteiger partial charge in [-0.15, -0.1) is 0 Å². The maximum absolute atomic E-state index is 5.17. The van der Waals surface area contributed by atoms with Crippen molar-refractivity contribution >= 4 is 0 Å². The van der Waals surface area contributed by atoms with Gasteiger partial charge in [0.25, 0.3) is 0 Å². The van der Waals surface area contributed by atoms with Crippen LogP contribution in [0.25, 0.3) is 78.8 Å². The quantitative estimate of drug-likeness (QED) is 0.163. The summed E-state index contributed by atoms with van der Waals surface area (Å²) in [5.74, 6) is 1.85. The second-order valence-electron chi connectivity index (χ2n) is 16.8. The van der Waals surface area contributed by atoms with Crippen LogP contribution in [0.15, 0.2) is 170 Å². The zero-order valence-corrected chi connectivity index (χ0v) is 33.5. The summed E-state index contributed by atoms with van der Waals surface area (Å²) in [4.78, 5) is 20.2. The molecule has 0 fully saturated rings. The summed E-state index contributed by atoms with van der Waals surface area (Å²) in [6, 6.07) is 57.7. The molecule has 2 aromatic heterocycles. The van der Waals surface area contributed by atoms with Gasteiger partial charge in [-0.3, -0.25) is 4.98 Å². The minimum atomic E-state index is -0.00628. The fourth-order valence-corrected chi connectivity index (χ4v) is 8.52. The smallest absolute Gasteiger partial charge is 0.164 e. The van der Waals surface area contributed by atoms with E-state index in [-0.39, 0.29) is 16.2 Å². The second-order valence-corrected chi connectivity index (χ2v) is 16.8. The first kappa shape index (κ1) is 36.1. The van der Waals surface area contributed by atoms with Crippen molar-refractivity contribution in [1.29, 1.82) is 0 Å².